The lowest BCUT2D eigenvalue weighted by molar-refractivity contribution is 0.173. The van der Waals surface area contributed by atoms with Gasteiger partial charge in [-0.05, 0) is 51.2 Å². The molecule has 1 heterocycles. The molecule has 1 N–H and O–H groups in total. The summed E-state index contributed by atoms with van der Waals surface area (Å²) < 4.78 is 0. The molecule has 0 aliphatic carbocycles. The molecule has 0 saturated carbocycles. The SMILES string of the molecule is CCCCCCCCC1CCN(CCCCCCO)CC1.Cl. The lowest BCUT2D eigenvalue weighted by atomic mass is 9.91. The van der Waals surface area contributed by atoms with Gasteiger partial charge in [-0.1, -0.05) is 64.7 Å². The first-order valence-electron chi connectivity index (χ1n) is 9.70. The molecule has 0 aromatic carbocycles. The van der Waals surface area contributed by atoms with Crippen LogP contribution >= 0.6 is 12.4 Å². The molecule has 0 atom stereocenters. The Kier molecular flexibility index (Phi) is 16.2. The van der Waals surface area contributed by atoms with Gasteiger partial charge < -0.3 is 10.0 Å². The van der Waals surface area contributed by atoms with E-state index in [0.29, 0.717) is 6.61 Å². The fourth-order valence-electron chi connectivity index (χ4n) is 3.51. The molecule has 0 bridgehead atoms. The van der Waals surface area contributed by atoms with Crippen LogP contribution in [-0.4, -0.2) is 36.2 Å². The highest BCUT2D eigenvalue weighted by Crippen LogP contribution is 2.23. The average molecular weight is 334 g/mol. The highest BCUT2D eigenvalue weighted by molar-refractivity contribution is 5.85. The number of unbranched alkanes of at least 4 members (excludes halogenated alkanes) is 8. The third kappa shape index (κ3) is 11.7. The number of likely N-dealkylation sites (tertiary alicyclic amines) is 1. The van der Waals surface area contributed by atoms with Gasteiger partial charge in [0.15, 0.2) is 0 Å². The van der Waals surface area contributed by atoms with E-state index in [2.05, 4.69) is 11.8 Å². The molecule has 0 amide bonds. The Morgan fingerprint density at radius 3 is 2.09 bits per heavy atom. The summed E-state index contributed by atoms with van der Waals surface area (Å²) in [4.78, 5) is 2.66. The zero-order chi connectivity index (χ0) is 15.2. The van der Waals surface area contributed by atoms with Crippen molar-refractivity contribution >= 4 is 12.4 Å². The van der Waals surface area contributed by atoms with Crippen LogP contribution in [0, 0.1) is 5.92 Å². The van der Waals surface area contributed by atoms with E-state index in [0.717, 1.165) is 12.3 Å². The molecule has 0 radical (unpaired) electrons. The van der Waals surface area contributed by atoms with Crippen molar-refractivity contribution < 1.29 is 5.11 Å². The third-order valence-corrected chi connectivity index (χ3v) is 5.06. The van der Waals surface area contributed by atoms with Gasteiger partial charge in [-0.15, -0.1) is 12.4 Å². The van der Waals surface area contributed by atoms with Gasteiger partial charge in [0.25, 0.3) is 0 Å². The number of nitrogens with zero attached hydrogens (tertiary/aromatic N) is 1. The zero-order valence-electron chi connectivity index (χ0n) is 14.9. The number of aliphatic hydroxyl groups excluding tert-OH is 1. The first-order valence-corrected chi connectivity index (χ1v) is 9.70. The van der Waals surface area contributed by atoms with Crippen molar-refractivity contribution in [1.82, 2.24) is 4.90 Å². The second-order valence-electron chi connectivity index (χ2n) is 6.98. The minimum Gasteiger partial charge on any atom is -0.396 e. The van der Waals surface area contributed by atoms with Gasteiger partial charge in [-0.3, -0.25) is 0 Å². The van der Waals surface area contributed by atoms with Gasteiger partial charge in [0.05, 0.1) is 0 Å². The second-order valence-corrected chi connectivity index (χ2v) is 6.98. The molecule has 1 saturated heterocycles. The molecule has 2 nitrogen and oxygen atoms in total. The van der Waals surface area contributed by atoms with E-state index in [4.69, 9.17) is 5.11 Å². The normalized spacial score (nSPS) is 16.6. The van der Waals surface area contributed by atoms with E-state index in [-0.39, 0.29) is 12.4 Å². The summed E-state index contributed by atoms with van der Waals surface area (Å²) in [5, 5.41) is 8.76. The summed E-state index contributed by atoms with van der Waals surface area (Å²) in [5.74, 6) is 1.02. The van der Waals surface area contributed by atoms with Crippen LogP contribution in [0.25, 0.3) is 0 Å². The topological polar surface area (TPSA) is 23.5 Å². The third-order valence-electron chi connectivity index (χ3n) is 5.06. The molecule has 1 aliphatic heterocycles. The smallest absolute Gasteiger partial charge is 0.0431 e. The Balaban J connectivity index is 0.00000441. The Hall–Kier alpha value is 0.210. The van der Waals surface area contributed by atoms with Crippen molar-refractivity contribution in [3.8, 4) is 0 Å². The summed E-state index contributed by atoms with van der Waals surface area (Å²) in [7, 11) is 0. The molecule has 1 rings (SSSR count). The molecular weight excluding hydrogens is 294 g/mol. The lowest BCUT2D eigenvalue weighted by Crippen LogP contribution is -2.34. The first-order chi connectivity index (χ1) is 10.4. The maximum absolute atomic E-state index is 8.76. The highest BCUT2D eigenvalue weighted by atomic mass is 35.5. The van der Waals surface area contributed by atoms with Crippen LogP contribution in [0.5, 0.6) is 0 Å². The van der Waals surface area contributed by atoms with Crippen LogP contribution in [0.15, 0.2) is 0 Å². The van der Waals surface area contributed by atoms with Crippen molar-refractivity contribution in [2.45, 2.75) is 90.4 Å². The van der Waals surface area contributed by atoms with E-state index >= 15 is 0 Å². The van der Waals surface area contributed by atoms with E-state index in [9.17, 15) is 0 Å². The van der Waals surface area contributed by atoms with Gasteiger partial charge in [-0.2, -0.15) is 0 Å². The number of hydrogen-bond donors (Lipinski definition) is 1. The molecule has 0 spiro atoms. The van der Waals surface area contributed by atoms with E-state index < -0.39 is 0 Å². The second kappa shape index (κ2) is 16.1. The molecule has 134 valence electrons. The average Bonchev–Trinajstić information content (AvgIpc) is 2.52. The first kappa shape index (κ1) is 22.2. The minimum atomic E-state index is 0. The maximum Gasteiger partial charge on any atom is 0.0431 e. The zero-order valence-corrected chi connectivity index (χ0v) is 15.7. The predicted octanol–water partition coefficient (Wildman–Crippen LogP) is 5.42. The summed E-state index contributed by atoms with van der Waals surface area (Å²) in [6, 6.07) is 0. The fraction of sp³-hybridized carbons (Fsp3) is 1.00. The van der Waals surface area contributed by atoms with Crippen molar-refractivity contribution in [2.24, 2.45) is 5.92 Å². The lowest BCUT2D eigenvalue weighted by Gasteiger charge is -2.32. The van der Waals surface area contributed by atoms with Crippen LogP contribution in [0.2, 0.25) is 0 Å². The Bertz CT molecular complexity index is 217. The molecule has 3 heteroatoms. The molecule has 0 aromatic rings. The highest BCUT2D eigenvalue weighted by Gasteiger charge is 2.18. The van der Waals surface area contributed by atoms with Gasteiger partial charge in [0, 0.05) is 6.61 Å². The molecule has 1 aliphatic rings. The van der Waals surface area contributed by atoms with E-state index in [1.54, 1.807) is 0 Å². The van der Waals surface area contributed by atoms with Crippen LogP contribution in [-0.2, 0) is 0 Å². The fourth-order valence-corrected chi connectivity index (χ4v) is 3.51. The molecule has 1 fully saturated rings. The quantitative estimate of drug-likeness (QED) is 0.455. The Labute approximate surface area is 145 Å². The number of hydrogen-bond acceptors (Lipinski definition) is 2. The van der Waals surface area contributed by atoms with Crippen molar-refractivity contribution in [1.29, 1.82) is 0 Å². The standard InChI is InChI=1S/C19H39NO.ClH/c1-2-3-4-5-6-9-12-19-13-16-20(17-14-19)15-10-7-8-11-18-21;/h19,21H,2-18H2,1H3;1H. The summed E-state index contributed by atoms with van der Waals surface area (Å²) >= 11 is 0. The molecule has 22 heavy (non-hydrogen) atoms. The number of rotatable bonds is 13. The molecule has 0 aromatic heterocycles. The number of halogens is 1. The maximum atomic E-state index is 8.76. The number of piperidine rings is 1. The van der Waals surface area contributed by atoms with Crippen LogP contribution in [0.3, 0.4) is 0 Å². The van der Waals surface area contributed by atoms with E-state index in [1.165, 1.54) is 96.7 Å². The Morgan fingerprint density at radius 2 is 1.41 bits per heavy atom. The van der Waals surface area contributed by atoms with Gasteiger partial charge in [0.2, 0.25) is 0 Å². The van der Waals surface area contributed by atoms with Gasteiger partial charge >= 0.3 is 0 Å². The minimum absolute atomic E-state index is 0. The number of aliphatic hydroxyl groups is 1. The van der Waals surface area contributed by atoms with Crippen molar-refractivity contribution in [2.75, 3.05) is 26.2 Å². The Morgan fingerprint density at radius 1 is 0.818 bits per heavy atom. The summed E-state index contributed by atoms with van der Waals surface area (Å²) in [5.41, 5.74) is 0. The summed E-state index contributed by atoms with van der Waals surface area (Å²) in [6.07, 6.45) is 17.8. The molecular formula is C19H40ClNO. The summed E-state index contributed by atoms with van der Waals surface area (Å²) in [6.45, 7) is 6.61. The van der Waals surface area contributed by atoms with E-state index in [1.807, 2.05) is 0 Å². The van der Waals surface area contributed by atoms with Gasteiger partial charge in [0.1, 0.15) is 0 Å². The van der Waals surface area contributed by atoms with Crippen LogP contribution in [0.4, 0.5) is 0 Å². The van der Waals surface area contributed by atoms with Gasteiger partial charge in [-0.25, -0.2) is 0 Å². The largest absolute Gasteiger partial charge is 0.396 e. The van der Waals surface area contributed by atoms with Crippen molar-refractivity contribution in [3.63, 3.8) is 0 Å². The monoisotopic (exact) mass is 333 g/mol. The van der Waals surface area contributed by atoms with Crippen LogP contribution in [0.1, 0.15) is 90.4 Å². The predicted molar refractivity (Wildman–Crippen MR) is 100.0 cm³/mol. The van der Waals surface area contributed by atoms with Crippen molar-refractivity contribution in [3.05, 3.63) is 0 Å². The molecule has 0 unspecified atom stereocenters. The van der Waals surface area contributed by atoms with Crippen LogP contribution < -0.4 is 0 Å².